The maximum absolute atomic E-state index is 6.08. The van der Waals surface area contributed by atoms with E-state index in [2.05, 4.69) is 22.0 Å². The fourth-order valence-electron chi connectivity index (χ4n) is 2.91. The van der Waals surface area contributed by atoms with Crippen molar-refractivity contribution in [3.8, 4) is 0 Å². The van der Waals surface area contributed by atoms with E-state index in [1.807, 2.05) is 12.1 Å². The minimum Gasteiger partial charge on any atom is -0.0884 e. The normalized spacial score (nSPS) is 19.7. The van der Waals surface area contributed by atoms with Gasteiger partial charge in [0.05, 0.1) is 10.0 Å². The van der Waals surface area contributed by atoms with E-state index < -0.39 is 0 Å². The summed E-state index contributed by atoms with van der Waals surface area (Å²) in [6.07, 6.45) is 10.8. The van der Waals surface area contributed by atoms with Crippen molar-refractivity contribution in [2.75, 3.05) is 0 Å². The minimum absolute atomic E-state index is 0.558. The van der Waals surface area contributed by atoms with Crippen LogP contribution in [0.3, 0.4) is 0 Å². The quantitative estimate of drug-likeness (QED) is 0.526. The standard InChI is InChI=1S/C16H21BrCl2/c17-14(13-6-4-2-1-3-5-7-13)10-12-8-9-15(18)16(19)11-12/h8-9,11,13-14H,1-7,10H2. The Morgan fingerprint density at radius 2 is 1.63 bits per heavy atom. The molecule has 0 radical (unpaired) electrons. The summed E-state index contributed by atoms with van der Waals surface area (Å²) in [5, 5.41) is 1.30. The van der Waals surface area contributed by atoms with Crippen LogP contribution >= 0.6 is 39.1 Å². The molecule has 19 heavy (non-hydrogen) atoms. The van der Waals surface area contributed by atoms with Gasteiger partial charge in [0, 0.05) is 4.83 Å². The van der Waals surface area contributed by atoms with Gasteiger partial charge in [0.2, 0.25) is 0 Å². The lowest BCUT2D eigenvalue weighted by Gasteiger charge is -2.24. The maximum atomic E-state index is 6.08. The van der Waals surface area contributed by atoms with E-state index >= 15 is 0 Å². The molecule has 0 heterocycles. The van der Waals surface area contributed by atoms with Gasteiger partial charge in [0.1, 0.15) is 0 Å². The average molecular weight is 364 g/mol. The van der Waals surface area contributed by atoms with Gasteiger partial charge in [0.15, 0.2) is 0 Å². The molecule has 0 aromatic heterocycles. The second kappa shape index (κ2) is 7.90. The summed E-state index contributed by atoms with van der Waals surface area (Å²) >= 11 is 15.9. The van der Waals surface area contributed by atoms with Gasteiger partial charge in [0.25, 0.3) is 0 Å². The Labute approximate surface area is 135 Å². The molecule has 3 heteroatoms. The van der Waals surface area contributed by atoms with Crippen molar-refractivity contribution >= 4 is 39.1 Å². The average Bonchev–Trinajstić information content (AvgIpc) is 2.33. The van der Waals surface area contributed by atoms with Crippen molar-refractivity contribution < 1.29 is 0 Å². The van der Waals surface area contributed by atoms with Crippen LogP contribution in [0.1, 0.15) is 50.5 Å². The Kier molecular flexibility index (Phi) is 6.52. The van der Waals surface area contributed by atoms with E-state index in [9.17, 15) is 0 Å². The van der Waals surface area contributed by atoms with E-state index in [-0.39, 0.29) is 0 Å². The van der Waals surface area contributed by atoms with Gasteiger partial charge in [-0.25, -0.2) is 0 Å². The van der Waals surface area contributed by atoms with Crippen LogP contribution in [0.25, 0.3) is 0 Å². The largest absolute Gasteiger partial charge is 0.0884 e. The lowest BCUT2D eigenvalue weighted by atomic mass is 9.87. The molecular formula is C16H21BrCl2. The molecule has 0 nitrogen and oxygen atoms in total. The van der Waals surface area contributed by atoms with Gasteiger partial charge >= 0.3 is 0 Å². The van der Waals surface area contributed by atoms with Crippen LogP contribution in [-0.2, 0) is 6.42 Å². The maximum Gasteiger partial charge on any atom is 0.0595 e. The Bertz CT molecular complexity index is 398. The van der Waals surface area contributed by atoms with Gasteiger partial charge in [-0.1, -0.05) is 77.3 Å². The zero-order valence-corrected chi connectivity index (χ0v) is 14.3. The molecule has 1 fully saturated rings. The highest BCUT2D eigenvalue weighted by molar-refractivity contribution is 9.09. The highest BCUT2D eigenvalue weighted by atomic mass is 79.9. The highest BCUT2D eigenvalue weighted by Gasteiger charge is 2.20. The molecule has 0 amide bonds. The van der Waals surface area contributed by atoms with Crippen molar-refractivity contribution in [2.24, 2.45) is 5.92 Å². The molecule has 0 saturated heterocycles. The summed E-state index contributed by atoms with van der Waals surface area (Å²) in [6, 6.07) is 5.99. The molecule has 106 valence electrons. The molecule has 2 rings (SSSR count). The van der Waals surface area contributed by atoms with Crippen LogP contribution in [-0.4, -0.2) is 4.83 Å². The van der Waals surface area contributed by atoms with Crippen molar-refractivity contribution in [1.82, 2.24) is 0 Å². The Morgan fingerprint density at radius 3 is 2.26 bits per heavy atom. The van der Waals surface area contributed by atoms with E-state index in [0.29, 0.717) is 14.9 Å². The van der Waals surface area contributed by atoms with Gasteiger partial charge in [-0.2, -0.15) is 0 Å². The summed E-state index contributed by atoms with van der Waals surface area (Å²) in [7, 11) is 0. The van der Waals surface area contributed by atoms with Crippen LogP contribution in [0.2, 0.25) is 10.0 Å². The van der Waals surface area contributed by atoms with Gasteiger partial charge < -0.3 is 0 Å². The number of hydrogen-bond donors (Lipinski definition) is 0. The van der Waals surface area contributed by atoms with E-state index in [0.717, 1.165) is 12.3 Å². The van der Waals surface area contributed by atoms with Crippen molar-refractivity contribution in [2.45, 2.75) is 56.2 Å². The number of alkyl halides is 1. The molecule has 1 aromatic carbocycles. The SMILES string of the molecule is Clc1ccc(CC(Br)C2CCCCCCC2)cc1Cl. The summed E-state index contributed by atoms with van der Waals surface area (Å²) < 4.78 is 0. The van der Waals surface area contributed by atoms with E-state index in [1.54, 1.807) is 0 Å². The number of benzene rings is 1. The third-order valence-corrected chi connectivity index (χ3v) is 5.89. The molecule has 0 N–H and O–H groups in total. The number of rotatable bonds is 3. The zero-order chi connectivity index (χ0) is 13.7. The molecule has 1 aliphatic rings. The smallest absolute Gasteiger partial charge is 0.0595 e. The first-order valence-corrected chi connectivity index (χ1v) is 8.92. The summed E-state index contributed by atoms with van der Waals surface area (Å²) in [6.45, 7) is 0. The summed E-state index contributed by atoms with van der Waals surface area (Å²) in [5.41, 5.74) is 1.28. The fraction of sp³-hybridized carbons (Fsp3) is 0.625. The predicted octanol–water partition coefficient (Wildman–Crippen LogP) is 6.66. The van der Waals surface area contributed by atoms with E-state index in [4.69, 9.17) is 23.2 Å². The molecule has 1 saturated carbocycles. The van der Waals surface area contributed by atoms with Crippen molar-refractivity contribution in [3.05, 3.63) is 33.8 Å². The summed E-state index contributed by atoms with van der Waals surface area (Å²) in [5.74, 6) is 0.801. The second-order valence-corrected chi connectivity index (χ2v) is 7.56. The monoisotopic (exact) mass is 362 g/mol. The van der Waals surface area contributed by atoms with Crippen LogP contribution in [0.5, 0.6) is 0 Å². The van der Waals surface area contributed by atoms with Crippen LogP contribution in [0.15, 0.2) is 18.2 Å². The van der Waals surface area contributed by atoms with Gasteiger partial charge in [-0.05, 0) is 42.9 Å². The molecule has 1 aliphatic carbocycles. The molecule has 0 aliphatic heterocycles. The first-order chi connectivity index (χ1) is 9.16. The van der Waals surface area contributed by atoms with Crippen LogP contribution in [0, 0.1) is 5.92 Å². The highest BCUT2D eigenvalue weighted by Crippen LogP contribution is 2.31. The number of halogens is 3. The van der Waals surface area contributed by atoms with Gasteiger partial charge in [-0.3, -0.25) is 0 Å². The molecule has 1 atom stereocenters. The Balaban J connectivity index is 1.94. The number of hydrogen-bond acceptors (Lipinski definition) is 0. The topological polar surface area (TPSA) is 0 Å². The Hall–Kier alpha value is 0.280. The first kappa shape index (κ1) is 15.7. The predicted molar refractivity (Wildman–Crippen MR) is 88.7 cm³/mol. The molecular weight excluding hydrogens is 343 g/mol. The van der Waals surface area contributed by atoms with Gasteiger partial charge in [-0.15, -0.1) is 0 Å². The summed E-state index contributed by atoms with van der Waals surface area (Å²) in [4.78, 5) is 0.558. The lowest BCUT2D eigenvalue weighted by Crippen LogP contribution is -2.18. The molecule has 1 aromatic rings. The minimum atomic E-state index is 0.558. The van der Waals surface area contributed by atoms with Crippen LogP contribution < -0.4 is 0 Å². The zero-order valence-electron chi connectivity index (χ0n) is 11.2. The third-order valence-electron chi connectivity index (χ3n) is 4.08. The van der Waals surface area contributed by atoms with Crippen molar-refractivity contribution in [1.29, 1.82) is 0 Å². The van der Waals surface area contributed by atoms with Crippen molar-refractivity contribution in [3.63, 3.8) is 0 Å². The Morgan fingerprint density at radius 1 is 1.00 bits per heavy atom. The third kappa shape index (κ3) is 4.95. The fourth-order valence-corrected chi connectivity index (χ4v) is 4.13. The van der Waals surface area contributed by atoms with E-state index in [1.165, 1.54) is 50.5 Å². The molecule has 0 spiro atoms. The molecule has 0 bridgehead atoms. The first-order valence-electron chi connectivity index (χ1n) is 7.25. The lowest BCUT2D eigenvalue weighted by molar-refractivity contribution is 0.370. The molecule has 1 unspecified atom stereocenters. The van der Waals surface area contributed by atoms with Crippen LogP contribution in [0.4, 0.5) is 0 Å². The second-order valence-electron chi connectivity index (χ2n) is 5.57.